The predicted octanol–water partition coefficient (Wildman–Crippen LogP) is 1.52. The minimum atomic E-state index is -0.602. The van der Waals surface area contributed by atoms with Crippen LogP contribution < -0.4 is 10.6 Å². The quantitative estimate of drug-likeness (QED) is 0.522. The van der Waals surface area contributed by atoms with Gasteiger partial charge in [-0.05, 0) is 50.3 Å². The van der Waals surface area contributed by atoms with Gasteiger partial charge in [-0.3, -0.25) is 14.4 Å². The van der Waals surface area contributed by atoms with Gasteiger partial charge in [0.25, 0.3) is 5.91 Å². The van der Waals surface area contributed by atoms with E-state index in [1.54, 1.807) is 6.08 Å². The highest BCUT2D eigenvalue weighted by molar-refractivity contribution is 6.03. The maximum atomic E-state index is 12.5. The molecule has 1 fully saturated rings. The minimum Gasteiger partial charge on any atom is -0.357 e. The van der Waals surface area contributed by atoms with Crippen LogP contribution in [0.4, 0.5) is 0 Å². The summed E-state index contributed by atoms with van der Waals surface area (Å²) in [6, 6.07) is 3.37. The Bertz CT molecular complexity index is 891. The molecule has 1 aliphatic rings. The van der Waals surface area contributed by atoms with Crippen LogP contribution in [-0.4, -0.2) is 53.4 Å². The van der Waals surface area contributed by atoms with E-state index >= 15 is 0 Å². The molecular formula is C22H31N5O3. The second-order valence-corrected chi connectivity index (χ2v) is 8.04. The first-order valence-electron chi connectivity index (χ1n) is 10.3. The first kappa shape index (κ1) is 23.2. The lowest BCUT2D eigenvalue weighted by Gasteiger charge is -2.23. The summed E-state index contributed by atoms with van der Waals surface area (Å²) in [6.07, 6.45) is 2.91. The Hall–Kier alpha value is -3.08. The summed E-state index contributed by atoms with van der Waals surface area (Å²) in [5.74, 6) is -0.667. The Morgan fingerprint density at radius 1 is 1.33 bits per heavy atom. The fourth-order valence-corrected chi connectivity index (χ4v) is 3.78. The van der Waals surface area contributed by atoms with E-state index in [9.17, 15) is 19.6 Å². The van der Waals surface area contributed by atoms with Crippen molar-refractivity contribution >= 4 is 23.8 Å². The van der Waals surface area contributed by atoms with Crippen molar-refractivity contribution in [2.75, 3.05) is 20.1 Å². The average molecular weight is 414 g/mol. The molecule has 0 aromatic carbocycles. The first-order valence-corrected chi connectivity index (χ1v) is 10.3. The third-order valence-corrected chi connectivity index (χ3v) is 5.35. The van der Waals surface area contributed by atoms with Crippen molar-refractivity contribution in [2.45, 2.75) is 53.1 Å². The molecule has 8 nitrogen and oxygen atoms in total. The lowest BCUT2D eigenvalue weighted by molar-refractivity contribution is -0.138. The summed E-state index contributed by atoms with van der Waals surface area (Å²) in [4.78, 5) is 38.4. The molecule has 1 atom stereocenters. The zero-order valence-electron chi connectivity index (χ0n) is 18.4. The minimum absolute atomic E-state index is 0.0585. The van der Waals surface area contributed by atoms with Crippen molar-refractivity contribution < 1.29 is 14.4 Å². The largest absolute Gasteiger partial charge is 0.357 e. The highest BCUT2D eigenvalue weighted by Gasteiger charge is 2.33. The molecule has 0 saturated carbocycles. The topological polar surface area (TPSA) is 107 Å². The molecule has 0 radical (unpaired) electrons. The summed E-state index contributed by atoms with van der Waals surface area (Å²) in [5.41, 5.74) is 2.81. The van der Waals surface area contributed by atoms with Crippen LogP contribution in [0, 0.1) is 31.1 Å². The van der Waals surface area contributed by atoms with Crippen molar-refractivity contribution in [1.82, 2.24) is 20.1 Å². The number of rotatable bonds is 7. The van der Waals surface area contributed by atoms with Gasteiger partial charge in [-0.2, -0.15) is 5.26 Å². The Morgan fingerprint density at radius 2 is 2.03 bits per heavy atom. The predicted molar refractivity (Wildman–Crippen MR) is 114 cm³/mol. The van der Waals surface area contributed by atoms with Gasteiger partial charge in [-0.1, -0.05) is 13.8 Å². The number of hydrogen-bond acceptors (Lipinski definition) is 4. The third-order valence-electron chi connectivity index (χ3n) is 5.35. The molecular weight excluding hydrogens is 382 g/mol. The Kier molecular flexibility index (Phi) is 7.81. The molecule has 0 aliphatic carbocycles. The van der Waals surface area contributed by atoms with Crippen molar-refractivity contribution in [2.24, 2.45) is 5.92 Å². The van der Waals surface area contributed by atoms with Gasteiger partial charge in [-0.25, -0.2) is 0 Å². The summed E-state index contributed by atoms with van der Waals surface area (Å²) in [6.45, 7) is 9.31. The SMILES string of the molecule is CNC(=O)C1CCCN1C(=O)CNC(=O)/C(C#N)=C/c1cc(C)n(CC(C)C)c1C. The summed E-state index contributed by atoms with van der Waals surface area (Å²) in [5, 5.41) is 14.5. The van der Waals surface area contributed by atoms with Gasteiger partial charge in [-0.15, -0.1) is 0 Å². The number of nitrogens with one attached hydrogen (secondary N) is 2. The normalized spacial score (nSPS) is 16.5. The summed E-state index contributed by atoms with van der Waals surface area (Å²) < 4.78 is 2.17. The average Bonchev–Trinajstić information content (AvgIpc) is 3.30. The van der Waals surface area contributed by atoms with Crippen molar-refractivity contribution in [3.8, 4) is 6.07 Å². The van der Waals surface area contributed by atoms with Gasteiger partial charge in [0.05, 0.1) is 6.54 Å². The van der Waals surface area contributed by atoms with Gasteiger partial charge in [0.2, 0.25) is 11.8 Å². The summed E-state index contributed by atoms with van der Waals surface area (Å²) >= 11 is 0. The molecule has 1 saturated heterocycles. The van der Waals surface area contributed by atoms with E-state index in [0.717, 1.165) is 29.9 Å². The molecule has 1 aliphatic heterocycles. The zero-order valence-corrected chi connectivity index (χ0v) is 18.4. The number of carbonyl (C=O) groups is 3. The Labute approximate surface area is 177 Å². The monoisotopic (exact) mass is 413 g/mol. The van der Waals surface area contributed by atoms with E-state index in [1.807, 2.05) is 26.0 Å². The number of likely N-dealkylation sites (N-methyl/N-ethyl adjacent to an activating group) is 1. The highest BCUT2D eigenvalue weighted by Crippen LogP contribution is 2.20. The number of aromatic nitrogens is 1. The molecule has 1 aromatic rings. The fourth-order valence-electron chi connectivity index (χ4n) is 3.78. The van der Waals surface area contributed by atoms with Crippen LogP contribution in [0.2, 0.25) is 0 Å². The Balaban J connectivity index is 2.08. The van der Waals surface area contributed by atoms with Crippen LogP contribution >= 0.6 is 0 Å². The number of nitrogens with zero attached hydrogens (tertiary/aromatic N) is 3. The Morgan fingerprint density at radius 3 is 2.63 bits per heavy atom. The number of likely N-dealkylation sites (tertiary alicyclic amines) is 1. The molecule has 1 unspecified atom stereocenters. The van der Waals surface area contributed by atoms with E-state index in [-0.39, 0.29) is 23.9 Å². The molecule has 1 aromatic heterocycles. The molecule has 8 heteroatoms. The maximum absolute atomic E-state index is 12.5. The van der Waals surface area contributed by atoms with Gasteiger partial charge in [0, 0.05) is 31.5 Å². The molecule has 162 valence electrons. The molecule has 2 heterocycles. The summed E-state index contributed by atoms with van der Waals surface area (Å²) in [7, 11) is 1.53. The van der Waals surface area contributed by atoms with Crippen LogP contribution in [0.3, 0.4) is 0 Å². The maximum Gasteiger partial charge on any atom is 0.262 e. The van der Waals surface area contributed by atoms with Crippen LogP contribution in [0.1, 0.15) is 43.6 Å². The molecule has 0 spiro atoms. The molecule has 2 rings (SSSR count). The van der Waals surface area contributed by atoms with Crippen molar-refractivity contribution in [1.29, 1.82) is 5.26 Å². The second kappa shape index (κ2) is 10.1. The lowest BCUT2D eigenvalue weighted by atomic mass is 10.1. The highest BCUT2D eigenvalue weighted by atomic mass is 16.2. The van der Waals surface area contributed by atoms with Crippen molar-refractivity contribution in [3.05, 3.63) is 28.6 Å². The molecule has 3 amide bonds. The van der Waals surface area contributed by atoms with Gasteiger partial charge in [0.1, 0.15) is 17.7 Å². The van der Waals surface area contributed by atoms with E-state index < -0.39 is 11.9 Å². The van der Waals surface area contributed by atoms with Crippen molar-refractivity contribution in [3.63, 3.8) is 0 Å². The van der Waals surface area contributed by atoms with Gasteiger partial charge >= 0.3 is 0 Å². The van der Waals surface area contributed by atoms with Gasteiger partial charge < -0.3 is 20.1 Å². The number of nitriles is 1. The second-order valence-electron chi connectivity index (χ2n) is 8.04. The smallest absolute Gasteiger partial charge is 0.262 e. The molecule has 2 N–H and O–H groups in total. The van der Waals surface area contributed by atoms with E-state index in [2.05, 4.69) is 29.0 Å². The standard InChI is InChI=1S/C22H31N5O3/c1-14(2)13-27-15(3)9-17(16(27)4)10-18(11-23)21(29)25-12-20(28)26-8-6-7-19(26)22(30)24-5/h9-10,14,19H,6-8,12-13H2,1-5H3,(H,24,30)(H,25,29)/b18-10+. The van der Waals surface area contributed by atoms with Crippen LogP contribution in [0.5, 0.6) is 0 Å². The lowest BCUT2D eigenvalue weighted by Crippen LogP contribution is -2.48. The number of amides is 3. The number of carbonyl (C=O) groups excluding carboxylic acids is 3. The van der Waals surface area contributed by atoms with E-state index in [0.29, 0.717) is 18.9 Å². The van der Waals surface area contributed by atoms with Crippen LogP contribution in [-0.2, 0) is 20.9 Å². The zero-order chi connectivity index (χ0) is 22.4. The number of aryl methyl sites for hydroxylation is 1. The third kappa shape index (κ3) is 5.29. The van der Waals surface area contributed by atoms with Crippen LogP contribution in [0.15, 0.2) is 11.6 Å². The molecule has 30 heavy (non-hydrogen) atoms. The number of hydrogen-bond donors (Lipinski definition) is 2. The van der Waals surface area contributed by atoms with E-state index in [4.69, 9.17) is 0 Å². The van der Waals surface area contributed by atoms with Gasteiger partial charge in [0.15, 0.2) is 0 Å². The first-order chi connectivity index (χ1) is 14.2. The fraction of sp³-hybridized carbons (Fsp3) is 0.545. The van der Waals surface area contributed by atoms with E-state index in [1.165, 1.54) is 11.9 Å². The molecule has 0 bridgehead atoms. The van der Waals surface area contributed by atoms with Crippen LogP contribution in [0.25, 0.3) is 6.08 Å².